The van der Waals surface area contributed by atoms with Gasteiger partial charge in [0, 0.05) is 6.54 Å². The van der Waals surface area contributed by atoms with Crippen molar-refractivity contribution < 1.29 is 21.9 Å². The van der Waals surface area contributed by atoms with Gasteiger partial charge in [-0.25, -0.2) is 0 Å². The van der Waals surface area contributed by atoms with Gasteiger partial charge >= 0.3 is 0 Å². The Balaban J connectivity index is 0.00000162. The van der Waals surface area contributed by atoms with E-state index in [1.54, 1.807) is 0 Å². The Kier molecular flexibility index (Phi) is 6.65. The standard InChI is InChI=1S/C14H21NO2.ClH/c1-11(2)7-15-8-14-16-9-12-5-3-4-6-13(12)10-17-14;/h3-6,11,14-15H,7-10H2,1-2H3;1H/p-1. The zero-order chi connectivity index (χ0) is 12.1. The zero-order valence-electron chi connectivity index (χ0n) is 11.0. The van der Waals surface area contributed by atoms with Crippen LogP contribution in [0, 0.1) is 5.92 Å². The smallest absolute Gasteiger partial charge is 0.170 e. The van der Waals surface area contributed by atoms with E-state index >= 15 is 0 Å². The number of ether oxygens (including phenoxy) is 2. The third-order valence-electron chi connectivity index (χ3n) is 2.83. The molecule has 0 aromatic heterocycles. The molecule has 2 rings (SSSR count). The van der Waals surface area contributed by atoms with Crippen molar-refractivity contribution in [1.29, 1.82) is 0 Å². The van der Waals surface area contributed by atoms with E-state index in [9.17, 15) is 0 Å². The van der Waals surface area contributed by atoms with Crippen LogP contribution in [0.3, 0.4) is 0 Å². The Morgan fingerprint density at radius 3 is 2.22 bits per heavy atom. The van der Waals surface area contributed by atoms with Crippen LogP contribution in [0.25, 0.3) is 0 Å². The molecular formula is C14H21ClNO2-. The minimum atomic E-state index is -0.138. The summed E-state index contributed by atoms with van der Waals surface area (Å²) in [7, 11) is 0. The molecule has 18 heavy (non-hydrogen) atoms. The molecule has 0 fully saturated rings. The van der Waals surface area contributed by atoms with Gasteiger partial charge < -0.3 is 27.2 Å². The maximum Gasteiger partial charge on any atom is 0.170 e. The number of rotatable bonds is 4. The fraction of sp³-hybridized carbons (Fsp3) is 0.571. The summed E-state index contributed by atoms with van der Waals surface area (Å²) in [5, 5.41) is 3.36. The molecule has 1 N–H and O–H groups in total. The number of benzene rings is 1. The number of fused-ring (bicyclic) bond motifs is 1. The predicted molar refractivity (Wildman–Crippen MR) is 67.5 cm³/mol. The first kappa shape index (κ1) is 15.4. The van der Waals surface area contributed by atoms with Gasteiger partial charge in [-0.1, -0.05) is 38.1 Å². The van der Waals surface area contributed by atoms with Gasteiger partial charge in [-0.15, -0.1) is 0 Å². The van der Waals surface area contributed by atoms with Crippen molar-refractivity contribution in [3.63, 3.8) is 0 Å². The summed E-state index contributed by atoms with van der Waals surface area (Å²) in [6.45, 7) is 7.42. The van der Waals surface area contributed by atoms with Crippen molar-refractivity contribution in [3.8, 4) is 0 Å². The van der Waals surface area contributed by atoms with Crippen LogP contribution >= 0.6 is 0 Å². The second-order valence-electron chi connectivity index (χ2n) is 4.87. The highest BCUT2D eigenvalue weighted by Crippen LogP contribution is 2.17. The molecule has 4 heteroatoms. The minimum absolute atomic E-state index is 0. The lowest BCUT2D eigenvalue weighted by atomic mass is 10.1. The SMILES string of the molecule is CC(C)CNCC1OCc2ccccc2CO1.[Cl-]. The van der Waals surface area contributed by atoms with E-state index in [1.165, 1.54) is 11.1 Å². The molecule has 0 unspecified atom stereocenters. The monoisotopic (exact) mass is 270 g/mol. The molecule has 0 spiro atoms. The number of hydrogen-bond acceptors (Lipinski definition) is 3. The number of nitrogens with one attached hydrogen (secondary N) is 1. The molecular weight excluding hydrogens is 250 g/mol. The normalized spacial score (nSPS) is 15.9. The highest BCUT2D eigenvalue weighted by Gasteiger charge is 2.16. The molecule has 1 heterocycles. The maximum atomic E-state index is 5.73. The molecule has 0 atom stereocenters. The largest absolute Gasteiger partial charge is 1.00 e. The van der Waals surface area contributed by atoms with Crippen molar-refractivity contribution in [3.05, 3.63) is 35.4 Å². The van der Waals surface area contributed by atoms with Crippen molar-refractivity contribution in [1.82, 2.24) is 5.32 Å². The first-order valence-corrected chi connectivity index (χ1v) is 6.26. The molecule has 0 saturated heterocycles. The highest BCUT2D eigenvalue weighted by atomic mass is 35.5. The van der Waals surface area contributed by atoms with Crippen molar-refractivity contribution in [2.24, 2.45) is 5.92 Å². The summed E-state index contributed by atoms with van der Waals surface area (Å²) in [4.78, 5) is 0. The Bertz CT molecular complexity index is 330. The molecule has 1 aliphatic rings. The quantitative estimate of drug-likeness (QED) is 0.786. The fourth-order valence-electron chi connectivity index (χ4n) is 1.86. The summed E-state index contributed by atoms with van der Waals surface area (Å²) in [6, 6.07) is 8.28. The van der Waals surface area contributed by atoms with Crippen LogP contribution < -0.4 is 17.7 Å². The van der Waals surface area contributed by atoms with Gasteiger partial charge in [0.05, 0.1) is 13.2 Å². The van der Waals surface area contributed by atoms with E-state index in [0.29, 0.717) is 19.1 Å². The third kappa shape index (κ3) is 4.58. The van der Waals surface area contributed by atoms with Crippen LogP contribution in [-0.2, 0) is 22.7 Å². The number of hydrogen-bond donors (Lipinski definition) is 1. The second kappa shape index (κ2) is 7.74. The first-order valence-electron chi connectivity index (χ1n) is 6.26. The van der Waals surface area contributed by atoms with Gasteiger partial charge in [0.25, 0.3) is 0 Å². The molecule has 0 amide bonds. The van der Waals surface area contributed by atoms with Gasteiger partial charge in [-0.3, -0.25) is 0 Å². The van der Waals surface area contributed by atoms with Crippen LogP contribution in [0.4, 0.5) is 0 Å². The first-order chi connectivity index (χ1) is 8.25. The van der Waals surface area contributed by atoms with Gasteiger partial charge in [0.2, 0.25) is 0 Å². The summed E-state index contributed by atoms with van der Waals surface area (Å²) in [5.74, 6) is 0.651. The van der Waals surface area contributed by atoms with Crippen LogP contribution in [0.5, 0.6) is 0 Å². The number of halogens is 1. The lowest BCUT2D eigenvalue weighted by Gasteiger charge is -2.16. The Hall–Kier alpha value is -0.610. The average Bonchev–Trinajstić information content (AvgIpc) is 2.52. The summed E-state index contributed by atoms with van der Waals surface area (Å²) < 4.78 is 11.5. The Labute approximate surface area is 115 Å². The lowest BCUT2D eigenvalue weighted by molar-refractivity contribution is -0.145. The minimum Gasteiger partial charge on any atom is -1.00 e. The average molecular weight is 271 g/mol. The van der Waals surface area contributed by atoms with Gasteiger partial charge in [-0.2, -0.15) is 0 Å². The Morgan fingerprint density at radius 1 is 1.17 bits per heavy atom. The highest BCUT2D eigenvalue weighted by molar-refractivity contribution is 5.26. The van der Waals surface area contributed by atoms with Crippen LogP contribution in [0.15, 0.2) is 24.3 Å². The van der Waals surface area contributed by atoms with Crippen LogP contribution in [0.2, 0.25) is 0 Å². The molecule has 1 aliphatic heterocycles. The fourth-order valence-corrected chi connectivity index (χ4v) is 1.86. The van der Waals surface area contributed by atoms with E-state index in [1.807, 2.05) is 12.1 Å². The second-order valence-corrected chi connectivity index (χ2v) is 4.87. The molecule has 0 aliphatic carbocycles. The van der Waals surface area contributed by atoms with Gasteiger partial charge in [-0.05, 0) is 23.6 Å². The summed E-state index contributed by atoms with van der Waals surface area (Å²) in [6.07, 6.45) is -0.138. The lowest BCUT2D eigenvalue weighted by Crippen LogP contribution is -3.00. The molecule has 0 bridgehead atoms. The third-order valence-corrected chi connectivity index (χ3v) is 2.83. The summed E-state index contributed by atoms with van der Waals surface area (Å²) in [5.41, 5.74) is 2.47. The van der Waals surface area contributed by atoms with Crippen molar-refractivity contribution in [2.75, 3.05) is 13.1 Å². The van der Waals surface area contributed by atoms with Gasteiger partial charge in [0.15, 0.2) is 6.29 Å². The molecule has 3 nitrogen and oxygen atoms in total. The van der Waals surface area contributed by atoms with E-state index < -0.39 is 0 Å². The summed E-state index contributed by atoms with van der Waals surface area (Å²) >= 11 is 0. The maximum absolute atomic E-state index is 5.73. The van der Waals surface area contributed by atoms with E-state index in [2.05, 4.69) is 31.3 Å². The molecule has 1 aromatic carbocycles. The zero-order valence-corrected chi connectivity index (χ0v) is 11.7. The van der Waals surface area contributed by atoms with E-state index in [4.69, 9.17) is 9.47 Å². The molecule has 102 valence electrons. The van der Waals surface area contributed by atoms with Gasteiger partial charge in [0.1, 0.15) is 0 Å². The van der Waals surface area contributed by atoms with Crippen molar-refractivity contribution >= 4 is 0 Å². The molecule has 1 aromatic rings. The van der Waals surface area contributed by atoms with E-state index in [0.717, 1.165) is 13.1 Å². The van der Waals surface area contributed by atoms with Crippen LogP contribution in [-0.4, -0.2) is 19.4 Å². The molecule has 0 saturated carbocycles. The van der Waals surface area contributed by atoms with Crippen molar-refractivity contribution in [2.45, 2.75) is 33.4 Å². The van der Waals surface area contributed by atoms with E-state index in [-0.39, 0.29) is 18.7 Å². The predicted octanol–water partition coefficient (Wildman–Crippen LogP) is -0.691. The topological polar surface area (TPSA) is 30.5 Å². The molecule has 0 radical (unpaired) electrons. The Morgan fingerprint density at radius 2 is 1.72 bits per heavy atom. The van der Waals surface area contributed by atoms with Crippen LogP contribution in [0.1, 0.15) is 25.0 Å².